The van der Waals surface area contributed by atoms with Crippen molar-refractivity contribution in [3.05, 3.63) is 65.4 Å². The first-order chi connectivity index (χ1) is 10.5. The van der Waals surface area contributed by atoms with Crippen molar-refractivity contribution in [3.63, 3.8) is 0 Å². The van der Waals surface area contributed by atoms with E-state index in [9.17, 15) is 9.59 Å². The third-order valence-electron chi connectivity index (χ3n) is 3.34. The van der Waals surface area contributed by atoms with Crippen molar-refractivity contribution >= 4 is 22.7 Å². The molecule has 0 N–H and O–H groups in total. The minimum Gasteiger partial charge on any atom is -0.464 e. The summed E-state index contributed by atoms with van der Waals surface area (Å²) in [5.41, 5.74) is 2.50. The number of benzene rings is 2. The zero-order valence-corrected chi connectivity index (χ0v) is 12.3. The highest BCUT2D eigenvalue weighted by Gasteiger charge is 2.17. The molecule has 0 fully saturated rings. The molecule has 0 bridgehead atoms. The summed E-state index contributed by atoms with van der Waals surface area (Å²) in [5, 5.41) is 0.717. The van der Waals surface area contributed by atoms with Crippen LogP contribution >= 0.6 is 0 Å². The largest absolute Gasteiger partial charge is 0.464 e. The highest BCUT2D eigenvalue weighted by atomic mass is 16.5. The Morgan fingerprint density at radius 2 is 1.77 bits per heavy atom. The summed E-state index contributed by atoms with van der Waals surface area (Å²) in [7, 11) is 0. The van der Waals surface area contributed by atoms with Gasteiger partial charge >= 0.3 is 5.97 Å². The second-order valence-electron chi connectivity index (χ2n) is 5.10. The van der Waals surface area contributed by atoms with Crippen molar-refractivity contribution < 1.29 is 18.7 Å². The molecular weight excluding hydrogens is 280 g/mol. The highest BCUT2D eigenvalue weighted by molar-refractivity contribution is 6.15. The third kappa shape index (κ3) is 2.63. The lowest BCUT2D eigenvalue weighted by Gasteiger charge is -2.06. The molecule has 0 amide bonds. The molecule has 0 aliphatic heterocycles. The first-order valence-corrected chi connectivity index (χ1v) is 6.85. The Bertz CT molecular complexity index is 856. The number of hydrogen-bond acceptors (Lipinski definition) is 4. The Hall–Kier alpha value is -2.88. The third-order valence-corrected chi connectivity index (χ3v) is 3.34. The van der Waals surface area contributed by atoms with Gasteiger partial charge in [0.1, 0.15) is 11.3 Å². The number of ether oxygens (including phenoxy) is 1. The number of ketones is 1. The molecule has 22 heavy (non-hydrogen) atoms. The summed E-state index contributed by atoms with van der Waals surface area (Å²) in [6, 6.07) is 12.2. The predicted molar refractivity (Wildman–Crippen MR) is 82.1 cm³/mol. The van der Waals surface area contributed by atoms with Gasteiger partial charge in [0.15, 0.2) is 5.78 Å². The van der Waals surface area contributed by atoms with Crippen LogP contribution in [0.5, 0.6) is 5.75 Å². The number of fused-ring (bicyclic) bond motifs is 1. The average Bonchev–Trinajstić information content (AvgIpc) is 2.94. The van der Waals surface area contributed by atoms with Crippen LogP contribution in [0.2, 0.25) is 0 Å². The van der Waals surface area contributed by atoms with Crippen LogP contribution in [0.25, 0.3) is 11.0 Å². The molecule has 0 aliphatic carbocycles. The van der Waals surface area contributed by atoms with E-state index in [0.717, 1.165) is 5.56 Å². The topological polar surface area (TPSA) is 56.5 Å². The maximum Gasteiger partial charge on any atom is 0.308 e. The van der Waals surface area contributed by atoms with Crippen LogP contribution in [0.1, 0.15) is 28.4 Å². The van der Waals surface area contributed by atoms with E-state index in [1.807, 2.05) is 19.1 Å². The van der Waals surface area contributed by atoms with Crippen LogP contribution in [-0.2, 0) is 4.79 Å². The summed E-state index contributed by atoms with van der Waals surface area (Å²) < 4.78 is 10.5. The molecule has 4 heteroatoms. The number of aryl methyl sites for hydroxylation is 1. The molecule has 4 nitrogen and oxygen atoms in total. The number of hydrogen-bond donors (Lipinski definition) is 0. The van der Waals surface area contributed by atoms with Crippen molar-refractivity contribution in [2.24, 2.45) is 0 Å². The first-order valence-electron chi connectivity index (χ1n) is 6.85. The minimum absolute atomic E-state index is 0.172. The smallest absolute Gasteiger partial charge is 0.308 e. The molecule has 2 aromatic carbocycles. The summed E-state index contributed by atoms with van der Waals surface area (Å²) >= 11 is 0. The van der Waals surface area contributed by atoms with Crippen LogP contribution in [0, 0.1) is 6.92 Å². The maximum absolute atomic E-state index is 12.7. The SMILES string of the molecule is CC(=O)Oc1cc(C(=O)c2ccc(C)cc2)c2occc2c1. The number of esters is 1. The van der Waals surface area contributed by atoms with Crippen LogP contribution in [0.15, 0.2) is 53.1 Å². The number of furan rings is 1. The van der Waals surface area contributed by atoms with Gasteiger partial charge in [0.25, 0.3) is 0 Å². The summed E-state index contributed by atoms with van der Waals surface area (Å²) in [6.45, 7) is 3.28. The van der Waals surface area contributed by atoms with Crippen molar-refractivity contribution in [1.29, 1.82) is 0 Å². The molecule has 0 spiro atoms. The molecule has 0 unspecified atom stereocenters. The first kappa shape index (κ1) is 14.1. The normalized spacial score (nSPS) is 10.6. The summed E-state index contributed by atoms with van der Waals surface area (Å²) in [6.07, 6.45) is 1.51. The highest BCUT2D eigenvalue weighted by Crippen LogP contribution is 2.28. The molecule has 0 atom stereocenters. The lowest BCUT2D eigenvalue weighted by atomic mass is 10.0. The monoisotopic (exact) mass is 294 g/mol. The van der Waals surface area contributed by atoms with Gasteiger partial charge in [-0.1, -0.05) is 29.8 Å². The molecule has 110 valence electrons. The van der Waals surface area contributed by atoms with Gasteiger partial charge in [0.05, 0.1) is 11.8 Å². The van der Waals surface area contributed by atoms with Crippen LogP contribution in [-0.4, -0.2) is 11.8 Å². The van der Waals surface area contributed by atoms with Gasteiger partial charge < -0.3 is 9.15 Å². The van der Waals surface area contributed by atoms with Gasteiger partial charge in [-0.05, 0) is 25.1 Å². The number of carbonyl (C=O) groups is 2. The van der Waals surface area contributed by atoms with Crippen LogP contribution < -0.4 is 4.74 Å². The van der Waals surface area contributed by atoms with Crippen LogP contribution in [0.3, 0.4) is 0 Å². The van der Waals surface area contributed by atoms with E-state index >= 15 is 0 Å². The lowest BCUT2D eigenvalue weighted by Crippen LogP contribution is -2.05. The second kappa shape index (κ2) is 5.48. The van der Waals surface area contributed by atoms with Crippen molar-refractivity contribution in [3.8, 4) is 5.75 Å². The fourth-order valence-electron chi connectivity index (χ4n) is 2.31. The molecular formula is C18H14O4. The standard InChI is InChI=1S/C18H14O4/c1-11-3-5-13(6-4-11)17(20)16-10-15(22-12(2)19)9-14-7-8-21-18(14)16/h3-10H,1-2H3. The zero-order valence-electron chi connectivity index (χ0n) is 12.3. The van der Waals surface area contributed by atoms with Crippen molar-refractivity contribution in [1.82, 2.24) is 0 Å². The Labute approximate surface area is 127 Å². The van der Waals surface area contributed by atoms with Gasteiger partial charge in [-0.2, -0.15) is 0 Å². The molecule has 0 saturated carbocycles. The Morgan fingerprint density at radius 3 is 2.45 bits per heavy atom. The second-order valence-corrected chi connectivity index (χ2v) is 5.10. The fourth-order valence-corrected chi connectivity index (χ4v) is 2.31. The molecule has 0 saturated heterocycles. The van der Waals surface area contributed by atoms with E-state index in [1.165, 1.54) is 19.3 Å². The molecule has 3 rings (SSSR count). The van der Waals surface area contributed by atoms with Gasteiger partial charge in [-0.15, -0.1) is 0 Å². The zero-order chi connectivity index (χ0) is 15.7. The Balaban J connectivity index is 2.11. The van der Waals surface area contributed by atoms with Gasteiger partial charge in [-0.25, -0.2) is 0 Å². The van der Waals surface area contributed by atoms with E-state index in [0.29, 0.717) is 27.8 Å². The van der Waals surface area contributed by atoms with E-state index in [1.54, 1.807) is 24.3 Å². The number of rotatable bonds is 3. The lowest BCUT2D eigenvalue weighted by molar-refractivity contribution is -0.131. The summed E-state index contributed by atoms with van der Waals surface area (Å²) in [4.78, 5) is 23.9. The minimum atomic E-state index is -0.434. The van der Waals surface area contributed by atoms with E-state index in [4.69, 9.17) is 9.15 Å². The fraction of sp³-hybridized carbons (Fsp3) is 0.111. The average molecular weight is 294 g/mol. The van der Waals surface area contributed by atoms with E-state index < -0.39 is 5.97 Å². The van der Waals surface area contributed by atoms with E-state index in [2.05, 4.69) is 0 Å². The molecule has 3 aromatic rings. The molecule has 0 radical (unpaired) electrons. The van der Waals surface area contributed by atoms with Crippen molar-refractivity contribution in [2.75, 3.05) is 0 Å². The quantitative estimate of drug-likeness (QED) is 0.417. The van der Waals surface area contributed by atoms with Crippen molar-refractivity contribution in [2.45, 2.75) is 13.8 Å². The number of carbonyl (C=O) groups excluding carboxylic acids is 2. The van der Waals surface area contributed by atoms with Gasteiger partial charge in [-0.3, -0.25) is 9.59 Å². The van der Waals surface area contributed by atoms with E-state index in [-0.39, 0.29) is 5.78 Å². The summed E-state index contributed by atoms with van der Waals surface area (Å²) in [5.74, 6) is -0.276. The molecule has 1 aromatic heterocycles. The van der Waals surface area contributed by atoms with Crippen LogP contribution in [0.4, 0.5) is 0 Å². The Kier molecular flexibility index (Phi) is 3.51. The maximum atomic E-state index is 12.7. The predicted octanol–water partition coefficient (Wildman–Crippen LogP) is 3.90. The molecule has 0 aliphatic rings. The Morgan fingerprint density at radius 1 is 1.05 bits per heavy atom. The van der Waals surface area contributed by atoms with Gasteiger partial charge in [0.2, 0.25) is 0 Å². The molecule has 1 heterocycles. The van der Waals surface area contributed by atoms with Gasteiger partial charge in [0, 0.05) is 17.9 Å².